The van der Waals surface area contributed by atoms with Crippen LogP contribution in [0.1, 0.15) is 30.1 Å². The van der Waals surface area contributed by atoms with Crippen LogP contribution in [0.2, 0.25) is 0 Å². The topological polar surface area (TPSA) is 84.2 Å². The van der Waals surface area contributed by atoms with Crippen molar-refractivity contribution >= 4 is 17.5 Å². The summed E-state index contributed by atoms with van der Waals surface area (Å²) in [6, 6.07) is 6.53. The molecule has 0 heterocycles. The lowest BCUT2D eigenvalue weighted by molar-refractivity contribution is -0.116. The quantitative estimate of drug-likeness (QED) is 0.403. The highest BCUT2D eigenvalue weighted by Crippen LogP contribution is 2.09. The fourth-order valence-corrected chi connectivity index (χ4v) is 1.24. The summed E-state index contributed by atoms with van der Waals surface area (Å²) >= 11 is 0. The normalized spacial score (nSPS) is 9.62. The summed E-state index contributed by atoms with van der Waals surface area (Å²) in [4.78, 5) is 22.4. The van der Waals surface area contributed by atoms with Gasteiger partial charge in [0.1, 0.15) is 0 Å². The number of amides is 2. The summed E-state index contributed by atoms with van der Waals surface area (Å²) in [6.07, 6.45) is 1.30. The summed E-state index contributed by atoms with van der Waals surface area (Å²) in [7, 11) is 0. The minimum absolute atomic E-state index is 0.0291. The number of carbonyl (C=O) groups is 2. The summed E-state index contributed by atoms with van der Waals surface area (Å²) in [5.41, 5.74) is 3.16. The van der Waals surface area contributed by atoms with Crippen LogP contribution < -0.4 is 16.6 Å². The molecule has 0 aromatic heterocycles. The van der Waals surface area contributed by atoms with Crippen LogP contribution in [-0.4, -0.2) is 11.8 Å². The molecular weight excluding hydrogens is 206 g/mol. The number of nitrogens with two attached hydrogens (primary N) is 1. The van der Waals surface area contributed by atoms with Crippen LogP contribution in [-0.2, 0) is 4.79 Å². The van der Waals surface area contributed by atoms with E-state index in [1.165, 1.54) is 0 Å². The minimum Gasteiger partial charge on any atom is -0.326 e. The zero-order chi connectivity index (χ0) is 12.0. The second-order valence-corrected chi connectivity index (χ2v) is 3.35. The Hall–Kier alpha value is -1.88. The number of rotatable bonds is 4. The second-order valence-electron chi connectivity index (χ2n) is 3.35. The molecular formula is C11H15N3O2. The van der Waals surface area contributed by atoms with Gasteiger partial charge in [-0.05, 0) is 30.7 Å². The molecule has 0 radical (unpaired) electrons. The molecule has 1 rings (SSSR count). The first kappa shape index (κ1) is 12.2. The molecule has 0 fully saturated rings. The van der Waals surface area contributed by atoms with E-state index in [4.69, 9.17) is 5.84 Å². The van der Waals surface area contributed by atoms with Crippen molar-refractivity contribution in [3.8, 4) is 0 Å². The molecule has 1 aromatic carbocycles. The van der Waals surface area contributed by atoms with E-state index in [2.05, 4.69) is 5.32 Å². The van der Waals surface area contributed by atoms with Crippen molar-refractivity contribution in [1.29, 1.82) is 0 Å². The number of benzene rings is 1. The second kappa shape index (κ2) is 5.87. The maximum atomic E-state index is 11.3. The van der Waals surface area contributed by atoms with Crippen LogP contribution in [0.5, 0.6) is 0 Å². The molecule has 0 aliphatic heterocycles. The number of nitrogen functional groups attached to an aromatic ring is 1. The number of nitrogens with one attached hydrogen (secondary N) is 2. The Bertz CT molecular complexity index is 373. The Morgan fingerprint density at radius 2 is 1.88 bits per heavy atom. The van der Waals surface area contributed by atoms with Crippen LogP contribution in [0.15, 0.2) is 24.3 Å². The average molecular weight is 221 g/mol. The maximum absolute atomic E-state index is 11.3. The number of hydrogen-bond acceptors (Lipinski definition) is 3. The Morgan fingerprint density at radius 1 is 1.25 bits per heavy atom. The van der Waals surface area contributed by atoms with Crippen molar-refractivity contribution < 1.29 is 9.59 Å². The summed E-state index contributed by atoms with van der Waals surface area (Å²) in [5, 5.41) is 2.73. The lowest BCUT2D eigenvalue weighted by Crippen LogP contribution is -2.29. The highest BCUT2D eigenvalue weighted by Gasteiger charge is 2.04. The van der Waals surface area contributed by atoms with Gasteiger partial charge in [-0.15, -0.1) is 0 Å². The summed E-state index contributed by atoms with van der Waals surface area (Å²) in [6.45, 7) is 1.94. The predicted octanol–water partition coefficient (Wildman–Crippen LogP) is 1.03. The molecule has 0 atom stereocenters. The smallest absolute Gasteiger partial charge is 0.265 e. The molecule has 0 saturated carbocycles. The van der Waals surface area contributed by atoms with Gasteiger partial charge < -0.3 is 5.32 Å². The van der Waals surface area contributed by atoms with E-state index < -0.39 is 0 Å². The van der Waals surface area contributed by atoms with E-state index in [1.807, 2.05) is 12.3 Å². The third kappa shape index (κ3) is 3.36. The van der Waals surface area contributed by atoms with Crippen molar-refractivity contribution in [3.63, 3.8) is 0 Å². The fraction of sp³-hybridized carbons (Fsp3) is 0.273. The largest absolute Gasteiger partial charge is 0.326 e. The highest BCUT2D eigenvalue weighted by molar-refractivity contribution is 5.95. The van der Waals surface area contributed by atoms with E-state index in [-0.39, 0.29) is 11.8 Å². The van der Waals surface area contributed by atoms with Gasteiger partial charge in [0.05, 0.1) is 0 Å². The van der Waals surface area contributed by atoms with Crippen LogP contribution in [0, 0.1) is 0 Å². The van der Waals surface area contributed by atoms with Gasteiger partial charge in [-0.3, -0.25) is 15.0 Å². The van der Waals surface area contributed by atoms with Crippen molar-refractivity contribution in [2.75, 3.05) is 5.32 Å². The zero-order valence-corrected chi connectivity index (χ0v) is 9.12. The molecule has 4 N–H and O–H groups in total. The molecule has 0 aliphatic rings. The van der Waals surface area contributed by atoms with Crippen LogP contribution in [0.4, 0.5) is 5.69 Å². The monoisotopic (exact) mass is 221 g/mol. The van der Waals surface area contributed by atoms with Gasteiger partial charge >= 0.3 is 0 Å². The van der Waals surface area contributed by atoms with Gasteiger partial charge in [-0.2, -0.15) is 0 Å². The summed E-state index contributed by atoms with van der Waals surface area (Å²) < 4.78 is 0. The lowest BCUT2D eigenvalue weighted by Gasteiger charge is -2.05. The van der Waals surface area contributed by atoms with Gasteiger partial charge in [0.25, 0.3) is 5.91 Å². The third-order valence-electron chi connectivity index (χ3n) is 2.04. The van der Waals surface area contributed by atoms with Crippen molar-refractivity contribution in [2.24, 2.45) is 5.84 Å². The number of carbonyl (C=O) groups excluding carboxylic acids is 2. The van der Waals surface area contributed by atoms with E-state index >= 15 is 0 Å². The molecule has 5 heteroatoms. The first-order chi connectivity index (χ1) is 7.67. The fourth-order valence-electron chi connectivity index (χ4n) is 1.24. The van der Waals surface area contributed by atoms with E-state index in [1.54, 1.807) is 24.3 Å². The maximum Gasteiger partial charge on any atom is 0.265 e. The SMILES string of the molecule is CCCC(=O)Nc1ccc(C(=O)NN)cc1. The summed E-state index contributed by atoms with van der Waals surface area (Å²) in [5.74, 6) is 4.61. The molecule has 2 amide bonds. The van der Waals surface area contributed by atoms with E-state index in [9.17, 15) is 9.59 Å². The van der Waals surface area contributed by atoms with Gasteiger partial charge in [0.15, 0.2) is 0 Å². The first-order valence-corrected chi connectivity index (χ1v) is 5.08. The van der Waals surface area contributed by atoms with Crippen LogP contribution in [0.3, 0.4) is 0 Å². The predicted molar refractivity (Wildman–Crippen MR) is 61.6 cm³/mol. The van der Waals surface area contributed by atoms with Crippen molar-refractivity contribution in [3.05, 3.63) is 29.8 Å². The lowest BCUT2D eigenvalue weighted by atomic mass is 10.2. The Balaban J connectivity index is 2.64. The minimum atomic E-state index is -0.355. The molecule has 0 aliphatic carbocycles. The zero-order valence-electron chi connectivity index (χ0n) is 9.12. The Kier molecular flexibility index (Phi) is 4.47. The standard InChI is InChI=1S/C11H15N3O2/c1-2-3-10(15)13-9-6-4-8(5-7-9)11(16)14-12/h4-7H,2-3,12H2,1H3,(H,13,15)(H,14,16). The van der Waals surface area contributed by atoms with Gasteiger partial charge in [-0.25, -0.2) is 5.84 Å². The molecule has 86 valence electrons. The first-order valence-electron chi connectivity index (χ1n) is 5.08. The Labute approximate surface area is 94.0 Å². The molecule has 0 unspecified atom stereocenters. The highest BCUT2D eigenvalue weighted by atomic mass is 16.2. The molecule has 0 bridgehead atoms. The average Bonchev–Trinajstić information content (AvgIpc) is 2.29. The van der Waals surface area contributed by atoms with Crippen LogP contribution >= 0.6 is 0 Å². The Morgan fingerprint density at radius 3 is 2.38 bits per heavy atom. The van der Waals surface area contributed by atoms with Gasteiger partial charge in [0.2, 0.25) is 5.91 Å². The van der Waals surface area contributed by atoms with Gasteiger partial charge in [0, 0.05) is 17.7 Å². The van der Waals surface area contributed by atoms with Gasteiger partial charge in [-0.1, -0.05) is 6.92 Å². The van der Waals surface area contributed by atoms with Crippen molar-refractivity contribution in [2.45, 2.75) is 19.8 Å². The molecule has 5 nitrogen and oxygen atoms in total. The van der Waals surface area contributed by atoms with Crippen LogP contribution in [0.25, 0.3) is 0 Å². The molecule has 16 heavy (non-hydrogen) atoms. The van der Waals surface area contributed by atoms with Crippen molar-refractivity contribution in [1.82, 2.24) is 5.43 Å². The molecule has 0 spiro atoms. The van der Waals surface area contributed by atoms with E-state index in [0.717, 1.165) is 6.42 Å². The number of hydrogen-bond donors (Lipinski definition) is 3. The third-order valence-corrected chi connectivity index (χ3v) is 2.04. The number of anilines is 1. The number of hydrazine groups is 1. The molecule has 0 saturated heterocycles. The van der Waals surface area contributed by atoms with E-state index in [0.29, 0.717) is 17.7 Å². The molecule has 1 aromatic rings.